The first-order valence-electron chi connectivity index (χ1n) is 4.04. The molecule has 1 rings (SSSR count). The predicted octanol–water partition coefficient (Wildman–Crippen LogP) is 3.44. The van der Waals surface area contributed by atoms with Crippen LogP contribution in [0.3, 0.4) is 0 Å². The average molecular weight is 244 g/mol. The van der Waals surface area contributed by atoms with E-state index < -0.39 is 0 Å². The Balaban J connectivity index is 3.11. The van der Waals surface area contributed by atoms with Crippen molar-refractivity contribution in [3.05, 3.63) is 39.9 Å². The molecule has 0 spiro atoms. The third-order valence-corrected chi connectivity index (χ3v) is 2.97. The summed E-state index contributed by atoms with van der Waals surface area (Å²) in [6.45, 7) is 1.98. The van der Waals surface area contributed by atoms with Gasteiger partial charge in [0.05, 0.1) is 4.92 Å². The zero-order chi connectivity index (χ0) is 9.84. The van der Waals surface area contributed by atoms with E-state index in [9.17, 15) is 10.1 Å². The van der Waals surface area contributed by atoms with E-state index in [2.05, 4.69) is 15.9 Å². The summed E-state index contributed by atoms with van der Waals surface area (Å²) in [6, 6.07) is 6.80. The lowest BCUT2D eigenvalue weighted by atomic mass is 10.1. The van der Waals surface area contributed by atoms with Gasteiger partial charge in [-0.05, 0) is 6.42 Å². The van der Waals surface area contributed by atoms with Crippen LogP contribution >= 0.6 is 15.9 Å². The Morgan fingerprint density at radius 3 is 2.69 bits per heavy atom. The fourth-order valence-electron chi connectivity index (χ4n) is 1.14. The number of nitrogens with zero attached hydrogens (tertiary/aromatic N) is 1. The van der Waals surface area contributed by atoms with Gasteiger partial charge in [-0.15, -0.1) is 0 Å². The van der Waals surface area contributed by atoms with Crippen LogP contribution in [0.4, 0.5) is 5.69 Å². The maximum atomic E-state index is 10.6. The van der Waals surface area contributed by atoms with Gasteiger partial charge in [0.1, 0.15) is 0 Å². The summed E-state index contributed by atoms with van der Waals surface area (Å²) >= 11 is 3.40. The fourth-order valence-corrected chi connectivity index (χ4v) is 1.53. The Bertz CT molecular complexity index is 314. The van der Waals surface area contributed by atoms with E-state index in [0.29, 0.717) is 0 Å². The van der Waals surface area contributed by atoms with Gasteiger partial charge in [0.2, 0.25) is 0 Å². The molecule has 1 atom stereocenters. The predicted molar refractivity (Wildman–Crippen MR) is 55.1 cm³/mol. The van der Waals surface area contributed by atoms with Crippen LogP contribution in [0.2, 0.25) is 0 Å². The van der Waals surface area contributed by atoms with E-state index in [4.69, 9.17) is 0 Å². The smallest absolute Gasteiger partial charge is 0.258 e. The molecule has 0 heterocycles. The van der Waals surface area contributed by atoms with Crippen LogP contribution in [0.1, 0.15) is 23.7 Å². The standard InChI is InChI=1S/C9H10BrNO2/c1-2-8(10)7-5-3-4-6-9(7)11(12)13/h3-6,8H,2H2,1H3. The zero-order valence-corrected chi connectivity index (χ0v) is 8.82. The van der Waals surface area contributed by atoms with Crippen molar-refractivity contribution in [1.29, 1.82) is 0 Å². The molecule has 0 aliphatic rings. The lowest BCUT2D eigenvalue weighted by molar-refractivity contribution is -0.385. The van der Waals surface area contributed by atoms with Gasteiger partial charge in [0.15, 0.2) is 0 Å². The van der Waals surface area contributed by atoms with Crippen molar-refractivity contribution in [2.45, 2.75) is 18.2 Å². The number of halogens is 1. The minimum atomic E-state index is -0.348. The summed E-state index contributed by atoms with van der Waals surface area (Å²) in [6.07, 6.45) is 0.838. The van der Waals surface area contributed by atoms with E-state index in [1.54, 1.807) is 12.1 Å². The zero-order valence-electron chi connectivity index (χ0n) is 7.24. The fraction of sp³-hybridized carbons (Fsp3) is 0.333. The van der Waals surface area contributed by atoms with Crippen molar-refractivity contribution in [3.63, 3.8) is 0 Å². The summed E-state index contributed by atoms with van der Waals surface area (Å²) in [5.74, 6) is 0. The van der Waals surface area contributed by atoms with E-state index >= 15 is 0 Å². The van der Waals surface area contributed by atoms with Gasteiger partial charge in [0.25, 0.3) is 5.69 Å². The van der Waals surface area contributed by atoms with Gasteiger partial charge >= 0.3 is 0 Å². The van der Waals surface area contributed by atoms with Crippen LogP contribution in [-0.4, -0.2) is 4.92 Å². The topological polar surface area (TPSA) is 43.1 Å². The molecular weight excluding hydrogens is 234 g/mol. The maximum absolute atomic E-state index is 10.6. The first-order chi connectivity index (χ1) is 6.16. The highest BCUT2D eigenvalue weighted by molar-refractivity contribution is 9.09. The first kappa shape index (κ1) is 10.2. The molecule has 1 unspecified atom stereocenters. The summed E-state index contributed by atoms with van der Waals surface area (Å²) < 4.78 is 0. The molecule has 0 aromatic heterocycles. The molecule has 0 bridgehead atoms. The van der Waals surface area contributed by atoms with E-state index in [1.165, 1.54) is 6.07 Å². The summed E-state index contributed by atoms with van der Waals surface area (Å²) in [7, 11) is 0. The van der Waals surface area contributed by atoms with Crippen molar-refractivity contribution < 1.29 is 4.92 Å². The Morgan fingerprint density at radius 1 is 1.54 bits per heavy atom. The molecule has 0 amide bonds. The number of benzene rings is 1. The number of hydrogen-bond acceptors (Lipinski definition) is 2. The Morgan fingerprint density at radius 2 is 2.15 bits per heavy atom. The van der Waals surface area contributed by atoms with Crippen LogP contribution in [0.5, 0.6) is 0 Å². The summed E-state index contributed by atoms with van der Waals surface area (Å²) in [5.41, 5.74) is 0.932. The van der Waals surface area contributed by atoms with Crippen molar-refractivity contribution in [2.75, 3.05) is 0 Å². The molecule has 1 aromatic rings. The van der Waals surface area contributed by atoms with Crippen molar-refractivity contribution >= 4 is 21.6 Å². The van der Waals surface area contributed by atoms with Crippen LogP contribution in [0, 0.1) is 10.1 Å². The largest absolute Gasteiger partial charge is 0.273 e. The number of hydrogen-bond donors (Lipinski definition) is 0. The molecule has 13 heavy (non-hydrogen) atoms. The van der Waals surface area contributed by atoms with E-state index in [1.807, 2.05) is 13.0 Å². The molecule has 0 N–H and O–H groups in total. The molecule has 0 saturated carbocycles. The highest BCUT2D eigenvalue weighted by Crippen LogP contribution is 2.32. The number of para-hydroxylation sites is 1. The molecule has 70 valence electrons. The number of nitro groups is 1. The van der Waals surface area contributed by atoms with Crippen LogP contribution in [0.25, 0.3) is 0 Å². The van der Waals surface area contributed by atoms with Gasteiger partial charge < -0.3 is 0 Å². The Hall–Kier alpha value is -0.900. The van der Waals surface area contributed by atoms with E-state index in [-0.39, 0.29) is 15.4 Å². The maximum Gasteiger partial charge on any atom is 0.273 e. The normalized spacial score (nSPS) is 12.5. The van der Waals surface area contributed by atoms with Gasteiger partial charge in [-0.25, -0.2) is 0 Å². The first-order valence-corrected chi connectivity index (χ1v) is 4.95. The molecule has 0 aliphatic carbocycles. The number of rotatable bonds is 3. The molecule has 0 radical (unpaired) electrons. The van der Waals surface area contributed by atoms with Crippen LogP contribution < -0.4 is 0 Å². The lowest BCUT2D eigenvalue weighted by Gasteiger charge is -2.06. The monoisotopic (exact) mass is 243 g/mol. The van der Waals surface area contributed by atoms with Crippen molar-refractivity contribution in [2.24, 2.45) is 0 Å². The summed E-state index contributed by atoms with van der Waals surface area (Å²) in [4.78, 5) is 10.3. The minimum Gasteiger partial charge on any atom is -0.258 e. The molecule has 0 saturated heterocycles. The quantitative estimate of drug-likeness (QED) is 0.464. The van der Waals surface area contributed by atoms with Crippen LogP contribution in [-0.2, 0) is 0 Å². The third-order valence-electron chi connectivity index (χ3n) is 1.83. The molecule has 1 aromatic carbocycles. The van der Waals surface area contributed by atoms with Gasteiger partial charge in [-0.3, -0.25) is 10.1 Å². The number of nitro benzene ring substituents is 1. The van der Waals surface area contributed by atoms with Crippen molar-refractivity contribution in [1.82, 2.24) is 0 Å². The highest BCUT2D eigenvalue weighted by atomic mass is 79.9. The molecular formula is C9H10BrNO2. The second-order valence-corrected chi connectivity index (χ2v) is 3.80. The Kier molecular flexibility index (Phi) is 3.42. The third kappa shape index (κ3) is 2.28. The Labute approximate surface area is 85.0 Å². The van der Waals surface area contributed by atoms with Gasteiger partial charge in [-0.1, -0.05) is 41.1 Å². The van der Waals surface area contributed by atoms with Crippen LogP contribution in [0.15, 0.2) is 24.3 Å². The summed E-state index contributed by atoms with van der Waals surface area (Å²) in [5, 5.41) is 10.6. The number of alkyl halides is 1. The highest BCUT2D eigenvalue weighted by Gasteiger charge is 2.17. The lowest BCUT2D eigenvalue weighted by Crippen LogP contribution is -1.96. The molecule has 0 aliphatic heterocycles. The van der Waals surface area contributed by atoms with Gasteiger partial charge in [0, 0.05) is 16.5 Å². The molecule has 3 nitrogen and oxygen atoms in total. The SMILES string of the molecule is CCC(Br)c1ccccc1[N+](=O)[O-]. The average Bonchev–Trinajstić information content (AvgIpc) is 2.16. The van der Waals surface area contributed by atoms with Gasteiger partial charge in [-0.2, -0.15) is 0 Å². The molecule has 0 fully saturated rings. The van der Waals surface area contributed by atoms with E-state index in [0.717, 1.165) is 12.0 Å². The second kappa shape index (κ2) is 4.37. The second-order valence-electron chi connectivity index (χ2n) is 2.69. The minimum absolute atomic E-state index is 0.0640. The van der Waals surface area contributed by atoms with Crippen molar-refractivity contribution in [3.8, 4) is 0 Å². The molecule has 4 heteroatoms.